The number of aromatic nitrogens is 1. The van der Waals surface area contributed by atoms with Crippen LogP contribution in [-0.4, -0.2) is 65.4 Å². The zero-order valence-electron chi connectivity index (χ0n) is 15.8. The zero-order valence-corrected chi connectivity index (χ0v) is 15.8. The third-order valence-electron chi connectivity index (χ3n) is 5.03. The first kappa shape index (κ1) is 18.5. The molecule has 2 heterocycles. The maximum Gasteiger partial charge on any atom is 0.236 e. The van der Waals surface area contributed by atoms with Crippen molar-refractivity contribution in [3.8, 4) is 0 Å². The predicted molar refractivity (Wildman–Crippen MR) is 104 cm³/mol. The van der Waals surface area contributed by atoms with Crippen molar-refractivity contribution in [2.24, 2.45) is 0 Å². The molecule has 0 N–H and O–H groups in total. The summed E-state index contributed by atoms with van der Waals surface area (Å²) in [5.41, 5.74) is 3.55. The number of piperazine rings is 1. The van der Waals surface area contributed by atoms with E-state index in [2.05, 4.69) is 39.9 Å². The van der Waals surface area contributed by atoms with Crippen molar-refractivity contribution in [2.45, 2.75) is 20.0 Å². The van der Waals surface area contributed by atoms with E-state index in [0.29, 0.717) is 13.1 Å². The van der Waals surface area contributed by atoms with Crippen molar-refractivity contribution in [1.29, 1.82) is 0 Å². The molecule has 0 spiro atoms. The van der Waals surface area contributed by atoms with Gasteiger partial charge in [0.15, 0.2) is 0 Å². The number of hydrogen-bond acceptors (Lipinski definition) is 4. The number of aryl methyl sites for hydroxylation is 1. The first-order valence-electron chi connectivity index (χ1n) is 9.25. The van der Waals surface area contributed by atoms with Gasteiger partial charge in [-0.2, -0.15) is 0 Å². The number of hydrogen-bond donors (Lipinski definition) is 0. The van der Waals surface area contributed by atoms with Gasteiger partial charge in [-0.15, -0.1) is 0 Å². The normalized spacial score (nSPS) is 15.8. The van der Waals surface area contributed by atoms with Gasteiger partial charge in [-0.05, 0) is 30.2 Å². The molecule has 1 aromatic heterocycles. The van der Waals surface area contributed by atoms with Gasteiger partial charge in [-0.25, -0.2) is 0 Å². The van der Waals surface area contributed by atoms with Crippen LogP contribution in [0.3, 0.4) is 0 Å². The summed E-state index contributed by atoms with van der Waals surface area (Å²) in [6.07, 6.45) is 1.84. The molecular weight excluding hydrogens is 324 g/mol. The number of amides is 1. The Morgan fingerprint density at radius 1 is 1.04 bits per heavy atom. The predicted octanol–water partition coefficient (Wildman–Crippen LogP) is 2.17. The van der Waals surface area contributed by atoms with Crippen LogP contribution in [0.15, 0.2) is 48.7 Å². The maximum absolute atomic E-state index is 12.6. The van der Waals surface area contributed by atoms with Crippen molar-refractivity contribution in [2.75, 3.05) is 39.8 Å². The van der Waals surface area contributed by atoms with E-state index in [9.17, 15) is 4.79 Å². The molecule has 0 unspecified atom stereocenters. The summed E-state index contributed by atoms with van der Waals surface area (Å²) >= 11 is 0. The lowest BCUT2D eigenvalue weighted by Gasteiger charge is -2.34. The van der Waals surface area contributed by atoms with Crippen LogP contribution >= 0.6 is 0 Å². The Balaban J connectivity index is 1.43. The van der Waals surface area contributed by atoms with Gasteiger partial charge in [-0.3, -0.25) is 19.6 Å². The molecule has 5 nitrogen and oxygen atoms in total. The molecule has 1 aliphatic heterocycles. The van der Waals surface area contributed by atoms with Crippen LogP contribution in [0.2, 0.25) is 0 Å². The third-order valence-corrected chi connectivity index (χ3v) is 5.03. The number of carbonyl (C=O) groups is 1. The van der Waals surface area contributed by atoms with Gasteiger partial charge >= 0.3 is 0 Å². The van der Waals surface area contributed by atoms with E-state index in [1.807, 2.05) is 42.4 Å². The molecule has 1 fully saturated rings. The molecule has 5 heteroatoms. The Morgan fingerprint density at radius 3 is 2.42 bits per heavy atom. The van der Waals surface area contributed by atoms with Gasteiger partial charge < -0.3 is 4.90 Å². The highest BCUT2D eigenvalue weighted by Gasteiger charge is 2.21. The molecular formula is C21H28N4O. The molecule has 1 aromatic carbocycles. The second kappa shape index (κ2) is 8.92. The molecule has 0 radical (unpaired) electrons. The van der Waals surface area contributed by atoms with Crippen molar-refractivity contribution in [3.05, 3.63) is 65.5 Å². The first-order chi connectivity index (χ1) is 12.6. The van der Waals surface area contributed by atoms with Gasteiger partial charge in [0.05, 0.1) is 12.2 Å². The third kappa shape index (κ3) is 5.13. The highest BCUT2D eigenvalue weighted by Crippen LogP contribution is 2.11. The Labute approximate surface area is 156 Å². The largest absolute Gasteiger partial charge is 0.340 e. The van der Waals surface area contributed by atoms with E-state index >= 15 is 0 Å². The van der Waals surface area contributed by atoms with Crippen LogP contribution in [0.25, 0.3) is 0 Å². The average Bonchev–Trinajstić information content (AvgIpc) is 2.66. The molecule has 1 amide bonds. The van der Waals surface area contributed by atoms with Gasteiger partial charge in [0.1, 0.15) is 0 Å². The number of likely N-dealkylation sites (N-methyl/N-ethyl adjacent to an activating group) is 1. The Bertz CT molecular complexity index is 711. The molecule has 138 valence electrons. The molecule has 2 aromatic rings. The highest BCUT2D eigenvalue weighted by molar-refractivity contribution is 5.78. The monoisotopic (exact) mass is 352 g/mol. The number of nitrogens with zero attached hydrogens (tertiary/aromatic N) is 4. The van der Waals surface area contributed by atoms with Crippen LogP contribution in [0.1, 0.15) is 16.8 Å². The van der Waals surface area contributed by atoms with E-state index in [1.165, 1.54) is 11.1 Å². The molecule has 26 heavy (non-hydrogen) atoms. The number of rotatable bonds is 6. The van der Waals surface area contributed by atoms with Crippen LogP contribution in [0.5, 0.6) is 0 Å². The number of benzene rings is 1. The van der Waals surface area contributed by atoms with E-state index in [-0.39, 0.29) is 5.91 Å². The van der Waals surface area contributed by atoms with Crippen LogP contribution < -0.4 is 0 Å². The fraction of sp³-hybridized carbons (Fsp3) is 0.429. The van der Waals surface area contributed by atoms with Gasteiger partial charge in [0.2, 0.25) is 5.91 Å². The molecule has 3 rings (SSSR count). The fourth-order valence-electron chi connectivity index (χ4n) is 3.27. The van der Waals surface area contributed by atoms with E-state index in [1.54, 1.807) is 0 Å². The van der Waals surface area contributed by atoms with Gasteiger partial charge in [0, 0.05) is 52.5 Å². The summed E-state index contributed by atoms with van der Waals surface area (Å²) in [6.45, 7) is 7.96. The van der Waals surface area contributed by atoms with Crippen molar-refractivity contribution < 1.29 is 4.79 Å². The molecule has 1 saturated heterocycles. The molecule has 0 saturated carbocycles. The van der Waals surface area contributed by atoms with E-state index < -0.39 is 0 Å². The Morgan fingerprint density at radius 2 is 1.73 bits per heavy atom. The first-order valence-corrected chi connectivity index (χ1v) is 9.25. The van der Waals surface area contributed by atoms with Crippen LogP contribution in [-0.2, 0) is 17.9 Å². The summed E-state index contributed by atoms with van der Waals surface area (Å²) in [7, 11) is 1.89. The lowest BCUT2D eigenvalue weighted by molar-refractivity contribution is -0.132. The molecule has 0 aliphatic carbocycles. The summed E-state index contributed by atoms with van der Waals surface area (Å²) < 4.78 is 0. The number of pyridine rings is 1. The lowest BCUT2D eigenvalue weighted by atomic mass is 10.1. The SMILES string of the molecule is Cc1ccccc1CN(C)C(=O)CN1CCN(Cc2ccccn2)CC1. The van der Waals surface area contributed by atoms with Crippen molar-refractivity contribution in [3.63, 3.8) is 0 Å². The van der Waals surface area contributed by atoms with Gasteiger partial charge in [0.25, 0.3) is 0 Å². The Hall–Kier alpha value is -2.24. The van der Waals surface area contributed by atoms with E-state index in [0.717, 1.165) is 38.4 Å². The minimum atomic E-state index is 0.187. The molecule has 1 aliphatic rings. The summed E-state index contributed by atoms with van der Waals surface area (Å²) in [5, 5.41) is 0. The highest BCUT2D eigenvalue weighted by atomic mass is 16.2. The standard InChI is InChI=1S/C21H28N4O/c1-18-7-3-4-8-19(18)15-23(2)21(26)17-25-13-11-24(12-14-25)16-20-9-5-6-10-22-20/h3-10H,11-17H2,1-2H3. The quantitative estimate of drug-likeness (QED) is 0.799. The minimum absolute atomic E-state index is 0.187. The zero-order chi connectivity index (χ0) is 18.4. The summed E-state index contributed by atoms with van der Waals surface area (Å²) in [4.78, 5) is 23.4. The Kier molecular flexibility index (Phi) is 6.36. The fourth-order valence-corrected chi connectivity index (χ4v) is 3.27. The summed E-state index contributed by atoms with van der Waals surface area (Å²) in [5.74, 6) is 0.187. The van der Waals surface area contributed by atoms with Crippen molar-refractivity contribution >= 4 is 5.91 Å². The van der Waals surface area contributed by atoms with Crippen molar-refractivity contribution in [1.82, 2.24) is 19.7 Å². The van der Waals surface area contributed by atoms with E-state index in [4.69, 9.17) is 0 Å². The second-order valence-electron chi connectivity index (χ2n) is 7.05. The minimum Gasteiger partial charge on any atom is -0.340 e. The maximum atomic E-state index is 12.6. The average molecular weight is 352 g/mol. The van der Waals surface area contributed by atoms with Gasteiger partial charge in [-0.1, -0.05) is 30.3 Å². The molecule has 0 bridgehead atoms. The van der Waals surface area contributed by atoms with Crippen LogP contribution in [0, 0.1) is 6.92 Å². The second-order valence-corrected chi connectivity index (χ2v) is 7.05. The van der Waals surface area contributed by atoms with Crippen LogP contribution in [0.4, 0.5) is 0 Å². The number of carbonyl (C=O) groups excluding carboxylic acids is 1. The lowest BCUT2D eigenvalue weighted by Crippen LogP contribution is -2.49. The topological polar surface area (TPSA) is 39.7 Å². The summed E-state index contributed by atoms with van der Waals surface area (Å²) in [6, 6.07) is 14.3. The smallest absolute Gasteiger partial charge is 0.236 e. The molecule has 0 atom stereocenters.